The number of nitrogens with one attached hydrogen (secondary N) is 1. The Bertz CT molecular complexity index is 367. The molecule has 4 heteroatoms. The summed E-state index contributed by atoms with van der Waals surface area (Å²) in [5.74, 6) is -0.0860. The molecule has 1 saturated carbocycles. The van der Waals surface area contributed by atoms with Crippen molar-refractivity contribution in [3.05, 3.63) is 24.1 Å². The van der Waals surface area contributed by atoms with E-state index in [0.29, 0.717) is 6.42 Å². The molecule has 2 rings (SSSR count). The van der Waals surface area contributed by atoms with Crippen LogP contribution in [0.3, 0.4) is 0 Å². The molecule has 3 nitrogen and oxygen atoms in total. The minimum absolute atomic E-state index is 0.0805. The summed E-state index contributed by atoms with van der Waals surface area (Å²) in [4.78, 5) is 3.92. The van der Waals surface area contributed by atoms with Gasteiger partial charge in [-0.25, -0.2) is 9.37 Å². The van der Waals surface area contributed by atoms with Crippen molar-refractivity contribution in [2.24, 2.45) is 5.41 Å². The summed E-state index contributed by atoms with van der Waals surface area (Å²) in [6.45, 7) is 3.92. The smallest absolute Gasteiger partial charge is 0.165 e. The lowest BCUT2D eigenvalue weighted by molar-refractivity contribution is -0.0512. The zero-order valence-corrected chi connectivity index (χ0v) is 8.87. The third-order valence-electron chi connectivity index (χ3n) is 3.29. The van der Waals surface area contributed by atoms with Crippen molar-refractivity contribution in [2.45, 2.75) is 32.4 Å². The third-order valence-corrected chi connectivity index (χ3v) is 3.29. The lowest BCUT2D eigenvalue weighted by Crippen LogP contribution is -2.57. The van der Waals surface area contributed by atoms with Gasteiger partial charge in [0.2, 0.25) is 0 Å². The monoisotopic (exact) mass is 210 g/mol. The summed E-state index contributed by atoms with van der Waals surface area (Å²) < 4.78 is 13.3. The highest BCUT2D eigenvalue weighted by Gasteiger charge is 2.47. The molecule has 82 valence electrons. The molecule has 0 spiro atoms. The number of anilines is 1. The number of hydrogen-bond acceptors (Lipinski definition) is 3. The Hall–Kier alpha value is -1.16. The van der Waals surface area contributed by atoms with Gasteiger partial charge in [-0.3, -0.25) is 0 Å². The molecular formula is C11H15FN2O. The van der Waals surface area contributed by atoms with Crippen molar-refractivity contribution in [2.75, 3.05) is 5.32 Å². The molecular weight excluding hydrogens is 195 g/mol. The van der Waals surface area contributed by atoms with E-state index in [2.05, 4.69) is 10.3 Å². The van der Waals surface area contributed by atoms with Crippen LogP contribution < -0.4 is 5.32 Å². The molecule has 1 aromatic rings. The second-order valence-electron chi connectivity index (χ2n) is 4.60. The average Bonchev–Trinajstić information content (AvgIpc) is 2.20. The van der Waals surface area contributed by atoms with Gasteiger partial charge in [0.15, 0.2) is 11.6 Å². The molecule has 2 atom stereocenters. The van der Waals surface area contributed by atoms with Crippen LogP contribution in [0.1, 0.15) is 20.3 Å². The molecule has 0 saturated heterocycles. The van der Waals surface area contributed by atoms with Crippen LogP contribution in [0.4, 0.5) is 10.2 Å². The maximum atomic E-state index is 13.3. The minimum Gasteiger partial charge on any atom is -0.392 e. The fourth-order valence-corrected chi connectivity index (χ4v) is 1.80. The van der Waals surface area contributed by atoms with Crippen LogP contribution >= 0.6 is 0 Å². The quantitative estimate of drug-likeness (QED) is 0.782. The lowest BCUT2D eigenvalue weighted by atomic mass is 9.64. The van der Waals surface area contributed by atoms with Gasteiger partial charge < -0.3 is 10.4 Å². The molecule has 2 unspecified atom stereocenters. The maximum Gasteiger partial charge on any atom is 0.165 e. The maximum absolute atomic E-state index is 13.3. The first-order valence-electron chi connectivity index (χ1n) is 5.07. The Morgan fingerprint density at radius 2 is 2.33 bits per heavy atom. The van der Waals surface area contributed by atoms with Gasteiger partial charge in [-0.05, 0) is 18.6 Å². The van der Waals surface area contributed by atoms with E-state index in [4.69, 9.17) is 0 Å². The predicted molar refractivity (Wildman–Crippen MR) is 56.0 cm³/mol. The number of aliphatic hydroxyl groups excluding tert-OH is 1. The standard InChI is InChI=1S/C11H15FN2O/c1-11(2)8(6-9(11)15)14-10-7(12)4-3-5-13-10/h3-5,8-9,15H,6H2,1-2H3,(H,13,14). The van der Waals surface area contributed by atoms with E-state index in [0.717, 1.165) is 0 Å². The Morgan fingerprint density at radius 3 is 2.87 bits per heavy atom. The Balaban J connectivity index is 2.08. The number of halogens is 1. The van der Waals surface area contributed by atoms with E-state index in [1.54, 1.807) is 12.3 Å². The number of aliphatic hydroxyl groups is 1. The van der Waals surface area contributed by atoms with Crippen molar-refractivity contribution in [3.8, 4) is 0 Å². The van der Waals surface area contributed by atoms with Crippen LogP contribution in [0.15, 0.2) is 18.3 Å². The number of aromatic nitrogens is 1. The SMILES string of the molecule is CC1(C)C(O)CC1Nc1ncccc1F. The van der Waals surface area contributed by atoms with E-state index < -0.39 is 0 Å². The van der Waals surface area contributed by atoms with Gasteiger partial charge in [0.1, 0.15) is 0 Å². The highest BCUT2D eigenvalue weighted by Crippen LogP contribution is 2.42. The first-order chi connectivity index (χ1) is 7.01. The molecule has 15 heavy (non-hydrogen) atoms. The number of hydrogen-bond donors (Lipinski definition) is 2. The van der Waals surface area contributed by atoms with Crippen LogP contribution in [-0.4, -0.2) is 22.2 Å². The van der Waals surface area contributed by atoms with Gasteiger partial charge >= 0.3 is 0 Å². The van der Waals surface area contributed by atoms with E-state index in [1.807, 2.05) is 13.8 Å². The highest BCUT2D eigenvalue weighted by molar-refractivity contribution is 5.38. The fraction of sp³-hybridized carbons (Fsp3) is 0.545. The van der Waals surface area contributed by atoms with E-state index in [1.165, 1.54) is 6.07 Å². The number of nitrogens with zero attached hydrogens (tertiary/aromatic N) is 1. The Morgan fingerprint density at radius 1 is 1.60 bits per heavy atom. The van der Waals surface area contributed by atoms with E-state index >= 15 is 0 Å². The second kappa shape index (κ2) is 3.45. The van der Waals surface area contributed by atoms with Crippen molar-refractivity contribution in [3.63, 3.8) is 0 Å². The molecule has 0 aromatic carbocycles. The average molecular weight is 210 g/mol. The van der Waals surface area contributed by atoms with Crippen molar-refractivity contribution >= 4 is 5.82 Å². The molecule has 0 aliphatic heterocycles. The molecule has 1 fully saturated rings. The summed E-state index contributed by atoms with van der Waals surface area (Å²) in [7, 11) is 0. The second-order valence-corrected chi connectivity index (χ2v) is 4.60. The molecule has 1 aliphatic rings. The third kappa shape index (κ3) is 1.69. The highest BCUT2D eigenvalue weighted by atomic mass is 19.1. The van der Waals surface area contributed by atoms with Crippen LogP contribution in [0.5, 0.6) is 0 Å². The Kier molecular flexibility index (Phi) is 2.38. The van der Waals surface area contributed by atoms with Gasteiger partial charge in [-0.2, -0.15) is 0 Å². The van der Waals surface area contributed by atoms with Crippen molar-refractivity contribution in [1.82, 2.24) is 4.98 Å². The largest absolute Gasteiger partial charge is 0.392 e. The molecule has 0 bridgehead atoms. The Labute approximate surface area is 88.3 Å². The molecule has 2 N–H and O–H groups in total. The number of rotatable bonds is 2. The van der Waals surface area contributed by atoms with Gasteiger partial charge in [-0.15, -0.1) is 0 Å². The van der Waals surface area contributed by atoms with Gasteiger partial charge in [0.25, 0.3) is 0 Å². The molecule has 1 heterocycles. The molecule has 0 amide bonds. The van der Waals surface area contributed by atoms with Crippen LogP contribution in [0.2, 0.25) is 0 Å². The van der Waals surface area contributed by atoms with Gasteiger partial charge in [-0.1, -0.05) is 13.8 Å². The summed E-state index contributed by atoms with van der Waals surface area (Å²) in [6.07, 6.45) is 1.87. The molecule has 0 radical (unpaired) electrons. The van der Waals surface area contributed by atoms with Crippen LogP contribution in [-0.2, 0) is 0 Å². The van der Waals surface area contributed by atoms with Crippen LogP contribution in [0, 0.1) is 11.2 Å². The fourth-order valence-electron chi connectivity index (χ4n) is 1.80. The molecule has 1 aromatic heterocycles. The normalized spacial score (nSPS) is 28.3. The first kappa shape index (κ1) is 10.4. The number of pyridine rings is 1. The molecule has 1 aliphatic carbocycles. The van der Waals surface area contributed by atoms with Crippen LogP contribution in [0.25, 0.3) is 0 Å². The topological polar surface area (TPSA) is 45.1 Å². The van der Waals surface area contributed by atoms with E-state index in [-0.39, 0.29) is 29.2 Å². The zero-order chi connectivity index (χ0) is 11.1. The summed E-state index contributed by atoms with van der Waals surface area (Å²) >= 11 is 0. The van der Waals surface area contributed by atoms with Crippen molar-refractivity contribution in [1.29, 1.82) is 0 Å². The zero-order valence-electron chi connectivity index (χ0n) is 8.87. The van der Waals surface area contributed by atoms with Gasteiger partial charge in [0, 0.05) is 17.7 Å². The van der Waals surface area contributed by atoms with Crippen molar-refractivity contribution < 1.29 is 9.50 Å². The summed E-state index contributed by atoms with van der Waals surface area (Å²) in [5, 5.41) is 12.6. The lowest BCUT2D eigenvalue weighted by Gasteiger charge is -2.49. The minimum atomic E-state index is -0.352. The first-order valence-corrected chi connectivity index (χ1v) is 5.07. The van der Waals surface area contributed by atoms with E-state index in [9.17, 15) is 9.50 Å². The predicted octanol–water partition coefficient (Wildman–Crippen LogP) is 1.79. The van der Waals surface area contributed by atoms with Gasteiger partial charge in [0.05, 0.1) is 6.10 Å². The summed E-state index contributed by atoms with van der Waals surface area (Å²) in [6, 6.07) is 3.01. The summed E-state index contributed by atoms with van der Waals surface area (Å²) in [5.41, 5.74) is -0.218.